The van der Waals surface area contributed by atoms with E-state index < -0.39 is 11.9 Å². The highest BCUT2D eigenvalue weighted by atomic mass is 16.7. The molecule has 1 aliphatic rings. The molecule has 0 aromatic heterocycles. The lowest BCUT2D eigenvalue weighted by Crippen LogP contribution is -2.62. The molecule has 0 aliphatic carbocycles. The maximum atomic E-state index is 11.4. The Morgan fingerprint density at radius 1 is 1.25 bits per heavy atom. The lowest BCUT2D eigenvalue weighted by Gasteiger charge is -2.47. The molecular weight excluding hydrogens is 352 g/mol. The van der Waals surface area contributed by atoms with Gasteiger partial charge in [0, 0.05) is 18.1 Å². The van der Waals surface area contributed by atoms with Crippen LogP contribution in [0.2, 0.25) is 0 Å². The maximum absolute atomic E-state index is 11.4. The van der Waals surface area contributed by atoms with Gasteiger partial charge in [-0.25, -0.2) is 0 Å². The van der Waals surface area contributed by atoms with Crippen LogP contribution in [0.5, 0.6) is 0 Å². The van der Waals surface area contributed by atoms with Gasteiger partial charge in [-0.1, -0.05) is 50.1 Å². The first kappa shape index (κ1) is 23.3. The van der Waals surface area contributed by atoms with E-state index in [2.05, 4.69) is 56.9 Å². The monoisotopic (exact) mass is 392 g/mol. The van der Waals surface area contributed by atoms with Crippen LogP contribution in [0.3, 0.4) is 0 Å². The van der Waals surface area contributed by atoms with Crippen LogP contribution in [0.15, 0.2) is 30.3 Å². The Balaban J connectivity index is 2.32. The molecule has 1 heterocycles. The smallest absolute Gasteiger partial charge is 0.163 e. The molecule has 2 rings (SSSR count). The molecule has 0 spiro atoms. The SMILES string of the molecule is CCCC[C@@H](N)[C@@H]([C@H](O)[C@H]1COC(C)(C)O1)N(Cc1ccccc1)C(C)(C)C. The molecule has 0 radical (unpaired) electrons. The number of nitrogens with zero attached hydrogens (tertiary/aromatic N) is 1. The fourth-order valence-electron chi connectivity index (χ4n) is 3.95. The van der Waals surface area contributed by atoms with Crippen LogP contribution < -0.4 is 5.73 Å². The molecule has 1 aromatic rings. The van der Waals surface area contributed by atoms with Crippen LogP contribution in [0, 0.1) is 0 Å². The molecule has 3 N–H and O–H groups in total. The first-order chi connectivity index (χ1) is 13.0. The third-order valence-corrected chi connectivity index (χ3v) is 5.51. The lowest BCUT2D eigenvalue weighted by atomic mass is 9.89. The molecule has 1 aromatic carbocycles. The van der Waals surface area contributed by atoms with Crippen LogP contribution in [-0.2, 0) is 16.0 Å². The second kappa shape index (κ2) is 9.68. The molecular formula is C23H40N2O3. The van der Waals surface area contributed by atoms with Crippen molar-refractivity contribution in [1.29, 1.82) is 0 Å². The Bertz CT molecular complexity index is 585. The molecule has 0 unspecified atom stereocenters. The molecule has 1 saturated heterocycles. The van der Waals surface area contributed by atoms with Crippen molar-refractivity contribution in [3.05, 3.63) is 35.9 Å². The van der Waals surface area contributed by atoms with Gasteiger partial charge in [-0.05, 0) is 46.6 Å². The Labute approximate surface area is 171 Å². The van der Waals surface area contributed by atoms with Crippen LogP contribution in [0.25, 0.3) is 0 Å². The number of ether oxygens (including phenoxy) is 2. The summed E-state index contributed by atoms with van der Waals surface area (Å²) >= 11 is 0. The van der Waals surface area contributed by atoms with Crippen LogP contribution in [0.1, 0.15) is 66.4 Å². The van der Waals surface area contributed by atoms with E-state index in [0.717, 1.165) is 25.8 Å². The predicted octanol–water partition coefficient (Wildman–Crippen LogP) is 3.69. The zero-order valence-corrected chi connectivity index (χ0v) is 18.5. The highest BCUT2D eigenvalue weighted by molar-refractivity contribution is 5.15. The number of unbranched alkanes of at least 4 members (excludes halogenated alkanes) is 1. The van der Waals surface area contributed by atoms with Gasteiger partial charge in [0.15, 0.2) is 5.79 Å². The molecule has 5 nitrogen and oxygen atoms in total. The molecule has 0 saturated carbocycles. The lowest BCUT2D eigenvalue weighted by molar-refractivity contribution is -0.161. The van der Waals surface area contributed by atoms with E-state index in [1.54, 1.807) is 0 Å². The highest BCUT2D eigenvalue weighted by Gasteiger charge is 2.45. The summed E-state index contributed by atoms with van der Waals surface area (Å²) in [4.78, 5) is 2.34. The van der Waals surface area contributed by atoms with Crippen molar-refractivity contribution in [3.63, 3.8) is 0 Å². The molecule has 160 valence electrons. The first-order valence-corrected chi connectivity index (χ1v) is 10.6. The average Bonchev–Trinajstić information content (AvgIpc) is 2.99. The molecule has 1 fully saturated rings. The molecule has 0 bridgehead atoms. The zero-order chi connectivity index (χ0) is 20.9. The van der Waals surface area contributed by atoms with Crippen molar-refractivity contribution in [2.75, 3.05) is 6.61 Å². The topological polar surface area (TPSA) is 68.0 Å². The van der Waals surface area contributed by atoms with Gasteiger partial charge in [-0.15, -0.1) is 0 Å². The van der Waals surface area contributed by atoms with Crippen molar-refractivity contribution >= 4 is 0 Å². The van der Waals surface area contributed by atoms with Crippen molar-refractivity contribution in [1.82, 2.24) is 4.90 Å². The summed E-state index contributed by atoms with van der Waals surface area (Å²) in [5.74, 6) is -0.671. The Morgan fingerprint density at radius 3 is 2.39 bits per heavy atom. The van der Waals surface area contributed by atoms with E-state index >= 15 is 0 Å². The minimum Gasteiger partial charge on any atom is -0.389 e. The maximum Gasteiger partial charge on any atom is 0.163 e. The summed E-state index contributed by atoms with van der Waals surface area (Å²) in [7, 11) is 0. The minimum absolute atomic E-state index is 0.148. The van der Waals surface area contributed by atoms with E-state index in [1.807, 2.05) is 19.9 Å². The van der Waals surface area contributed by atoms with E-state index in [1.165, 1.54) is 5.56 Å². The third-order valence-electron chi connectivity index (χ3n) is 5.51. The summed E-state index contributed by atoms with van der Waals surface area (Å²) in [6.45, 7) is 13.6. The van der Waals surface area contributed by atoms with Crippen LogP contribution in [0.4, 0.5) is 0 Å². The molecule has 28 heavy (non-hydrogen) atoms. The fraction of sp³-hybridized carbons (Fsp3) is 0.739. The number of aliphatic hydroxyl groups is 1. The van der Waals surface area contributed by atoms with Crippen LogP contribution >= 0.6 is 0 Å². The van der Waals surface area contributed by atoms with Crippen molar-refractivity contribution in [2.45, 2.75) is 103 Å². The molecule has 4 atom stereocenters. The van der Waals surface area contributed by atoms with E-state index in [-0.39, 0.29) is 23.7 Å². The Hall–Kier alpha value is -0.980. The van der Waals surface area contributed by atoms with Gasteiger partial charge in [-0.2, -0.15) is 0 Å². The number of hydrogen-bond donors (Lipinski definition) is 2. The summed E-state index contributed by atoms with van der Waals surface area (Å²) in [5, 5.41) is 11.4. The summed E-state index contributed by atoms with van der Waals surface area (Å²) in [6.07, 6.45) is 1.89. The number of nitrogens with two attached hydrogens (primary N) is 1. The van der Waals surface area contributed by atoms with Crippen molar-refractivity contribution in [2.24, 2.45) is 5.73 Å². The highest BCUT2D eigenvalue weighted by Crippen LogP contribution is 2.31. The van der Waals surface area contributed by atoms with E-state index in [0.29, 0.717) is 6.61 Å². The van der Waals surface area contributed by atoms with E-state index in [9.17, 15) is 5.11 Å². The Kier molecular flexibility index (Phi) is 8.06. The number of hydrogen-bond acceptors (Lipinski definition) is 5. The quantitative estimate of drug-likeness (QED) is 0.671. The summed E-state index contributed by atoms with van der Waals surface area (Å²) < 4.78 is 11.7. The van der Waals surface area contributed by atoms with Gasteiger partial charge in [0.05, 0.1) is 18.8 Å². The summed E-state index contributed by atoms with van der Waals surface area (Å²) in [6, 6.07) is 10.00. The van der Waals surface area contributed by atoms with Gasteiger partial charge in [0.25, 0.3) is 0 Å². The predicted molar refractivity (Wildman–Crippen MR) is 114 cm³/mol. The molecule has 5 heteroatoms. The average molecular weight is 393 g/mol. The van der Waals surface area contributed by atoms with Crippen molar-refractivity contribution < 1.29 is 14.6 Å². The molecule has 0 amide bonds. The second-order valence-electron chi connectivity index (χ2n) is 9.44. The minimum atomic E-state index is -0.725. The molecule has 1 aliphatic heterocycles. The van der Waals surface area contributed by atoms with Gasteiger partial charge in [0.2, 0.25) is 0 Å². The number of rotatable bonds is 9. The number of benzene rings is 1. The third kappa shape index (κ3) is 6.26. The van der Waals surface area contributed by atoms with Gasteiger partial charge < -0.3 is 20.3 Å². The normalized spacial score (nSPS) is 23.0. The van der Waals surface area contributed by atoms with Gasteiger partial charge in [-0.3, -0.25) is 4.90 Å². The largest absolute Gasteiger partial charge is 0.389 e. The van der Waals surface area contributed by atoms with Crippen LogP contribution in [-0.4, -0.2) is 52.2 Å². The number of aliphatic hydroxyl groups excluding tert-OH is 1. The first-order valence-electron chi connectivity index (χ1n) is 10.6. The standard InChI is InChI=1S/C23H40N2O3/c1-7-8-14-18(24)20(21(26)19-16-27-23(5,6)28-19)25(22(2,3)4)15-17-12-10-9-11-13-17/h9-13,18-21,26H,7-8,14-16,24H2,1-6H3/t18-,19-,20+,21-/m1/s1. The fourth-order valence-corrected chi connectivity index (χ4v) is 3.95. The van der Waals surface area contributed by atoms with Crippen molar-refractivity contribution in [3.8, 4) is 0 Å². The summed E-state index contributed by atoms with van der Waals surface area (Å²) in [5.41, 5.74) is 7.74. The van der Waals surface area contributed by atoms with E-state index in [4.69, 9.17) is 15.2 Å². The Morgan fingerprint density at radius 2 is 1.89 bits per heavy atom. The second-order valence-corrected chi connectivity index (χ2v) is 9.44. The zero-order valence-electron chi connectivity index (χ0n) is 18.5. The van der Waals surface area contributed by atoms with Gasteiger partial charge >= 0.3 is 0 Å². The van der Waals surface area contributed by atoms with Gasteiger partial charge in [0.1, 0.15) is 6.10 Å².